The van der Waals surface area contributed by atoms with E-state index in [-0.39, 0.29) is 12.5 Å². The Kier molecular flexibility index (Phi) is 4.14. The second-order valence-electron chi connectivity index (χ2n) is 3.32. The number of thiazole rings is 1. The minimum absolute atomic E-state index is 0.0834. The Morgan fingerprint density at radius 1 is 1.39 bits per heavy atom. The van der Waals surface area contributed by atoms with Crippen molar-refractivity contribution in [3.05, 3.63) is 35.8 Å². The highest BCUT2D eigenvalue weighted by Gasteiger charge is 2.07. The van der Waals surface area contributed by atoms with Crippen molar-refractivity contribution in [3.63, 3.8) is 0 Å². The number of methoxy groups -OCH3 is 1. The van der Waals surface area contributed by atoms with E-state index in [2.05, 4.69) is 10.3 Å². The van der Waals surface area contributed by atoms with E-state index >= 15 is 0 Å². The number of hydrogen-bond donors (Lipinski definition) is 1. The first-order valence-electron chi connectivity index (χ1n) is 5.25. The minimum atomic E-state index is -0.254. The van der Waals surface area contributed by atoms with Crippen LogP contribution in [0.5, 0.6) is 11.5 Å². The number of amides is 1. The van der Waals surface area contributed by atoms with Crippen LogP contribution in [0, 0.1) is 0 Å². The molecule has 5 nitrogen and oxygen atoms in total. The van der Waals surface area contributed by atoms with Crippen molar-refractivity contribution in [1.82, 2.24) is 4.98 Å². The highest BCUT2D eigenvalue weighted by atomic mass is 32.1. The van der Waals surface area contributed by atoms with Crippen LogP contribution in [-0.2, 0) is 4.79 Å². The van der Waals surface area contributed by atoms with E-state index in [0.717, 1.165) is 0 Å². The van der Waals surface area contributed by atoms with Crippen molar-refractivity contribution in [3.8, 4) is 11.5 Å². The van der Waals surface area contributed by atoms with Crippen LogP contribution in [0.2, 0.25) is 0 Å². The molecule has 0 aliphatic rings. The lowest BCUT2D eigenvalue weighted by molar-refractivity contribution is -0.118. The summed E-state index contributed by atoms with van der Waals surface area (Å²) in [7, 11) is 1.55. The lowest BCUT2D eigenvalue weighted by Crippen LogP contribution is -2.20. The molecule has 1 heterocycles. The molecule has 2 rings (SSSR count). The minimum Gasteiger partial charge on any atom is -0.493 e. The highest BCUT2D eigenvalue weighted by molar-refractivity contribution is 7.13. The van der Waals surface area contributed by atoms with Crippen molar-refractivity contribution in [1.29, 1.82) is 0 Å². The Morgan fingerprint density at radius 2 is 2.17 bits per heavy atom. The third kappa shape index (κ3) is 3.21. The number of benzene rings is 1. The van der Waals surface area contributed by atoms with E-state index in [4.69, 9.17) is 9.47 Å². The summed E-state index contributed by atoms with van der Waals surface area (Å²) >= 11 is 1.36. The summed E-state index contributed by atoms with van der Waals surface area (Å²) in [5.74, 6) is 0.879. The van der Waals surface area contributed by atoms with Crippen LogP contribution in [0.1, 0.15) is 0 Å². The molecule has 18 heavy (non-hydrogen) atoms. The molecule has 0 atom stereocenters. The van der Waals surface area contributed by atoms with Gasteiger partial charge in [0.2, 0.25) is 0 Å². The van der Waals surface area contributed by atoms with Crippen LogP contribution < -0.4 is 14.8 Å². The quantitative estimate of drug-likeness (QED) is 0.899. The molecule has 0 saturated heterocycles. The van der Waals surface area contributed by atoms with E-state index in [1.807, 2.05) is 12.1 Å². The van der Waals surface area contributed by atoms with Gasteiger partial charge in [-0.1, -0.05) is 12.1 Å². The van der Waals surface area contributed by atoms with Crippen LogP contribution in [0.4, 0.5) is 5.13 Å². The van der Waals surface area contributed by atoms with E-state index in [1.54, 1.807) is 30.8 Å². The molecule has 0 saturated carbocycles. The average Bonchev–Trinajstić information content (AvgIpc) is 2.89. The van der Waals surface area contributed by atoms with Gasteiger partial charge in [0.15, 0.2) is 23.2 Å². The molecular formula is C12H12N2O3S. The molecule has 0 spiro atoms. The molecule has 1 aromatic heterocycles. The summed E-state index contributed by atoms with van der Waals surface area (Å²) in [4.78, 5) is 15.5. The molecular weight excluding hydrogens is 252 g/mol. The first-order chi connectivity index (χ1) is 8.79. The Labute approximate surface area is 108 Å². The molecule has 0 bridgehead atoms. The topological polar surface area (TPSA) is 60.5 Å². The average molecular weight is 264 g/mol. The maximum absolute atomic E-state index is 11.6. The fourth-order valence-electron chi connectivity index (χ4n) is 1.32. The Hall–Kier alpha value is -2.08. The second-order valence-corrected chi connectivity index (χ2v) is 4.22. The predicted molar refractivity (Wildman–Crippen MR) is 69.2 cm³/mol. The lowest BCUT2D eigenvalue weighted by Gasteiger charge is -2.09. The van der Waals surface area contributed by atoms with Gasteiger partial charge >= 0.3 is 0 Å². The predicted octanol–water partition coefficient (Wildman–Crippen LogP) is 2.17. The first-order valence-corrected chi connectivity index (χ1v) is 6.12. The zero-order valence-electron chi connectivity index (χ0n) is 9.75. The highest BCUT2D eigenvalue weighted by Crippen LogP contribution is 2.25. The second kappa shape index (κ2) is 6.02. The van der Waals surface area contributed by atoms with Gasteiger partial charge in [0.1, 0.15) is 0 Å². The van der Waals surface area contributed by atoms with Crippen molar-refractivity contribution in [2.24, 2.45) is 0 Å². The maximum atomic E-state index is 11.6. The van der Waals surface area contributed by atoms with Crippen molar-refractivity contribution >= 4 is 22.4 Å². The van der Waals surface area contributed by atoms with Gasteiger partial charge in [-0.05, 0) is 12.1 Å². The summed E-state index contributed by atoms with van der Waals surface area (Å²) in [6.45, 7) is -0.0834. The summed E-state index contributed by atoms with van der Waals surface area (Å²) in [6.07, 6.45) is 1.63. The van der Waals surface area contributed by atoms with Gasteiger partial charge in [0.25, 0.3) is 5.91 Å². The van der Waals surface area contributed by atoms with E-state index < -0.39 is 0 Å². The third-order valence-corrected chi connectivity index (χ3v) is 2.80. The Bertz CT molecular complexity index is 514. The largest absolute Gasteiger partial charge is 0.493 e. The van der Waals surface area contributed by atoms with Gasteiger partial charge in [-0.25, -0.2) is 4.98 Å². The number of anilines is 1. The number of aromatic nitrogens is 1. The summed E-state index contributed by atoms with van der Waals surface area (Å²) in [5, 5.41) is 4.98. The van der Waals surface area contributed by atoms with Crippen LogP contribution in [0.25, 0.3) is 0 Å². The Balaban J connectivity index is 1.89. The van der Waals surface area contributed by atoms with Gasteiger partial charge in [-0.3, -0.25) is 10.1 Å². The number of nitrogens with zero attached hydrogens (tertiary/aromatic N) is 1. The standard InChI is InChI=1S/C12H12N2O3S/c1-16-9-4-2-3-5-10(9)17-8-11(15)14-12-13-6-7-18-12/h2-7H,8H2,1H3,(H,13,14,15). The van der Waals surface area contributed by atoms with Gasteiger partial charge in [-0.2, -0.15) is 0 Å². The molecule has 0 unspecified atom stereocenters. The molecule has 0 aliphatic heterocycles. The number of nitrogens with one attached hydrogen (secondary N) is 1. The molecule has 0 aliphatic carbocycles. The van der Waals surface area contributed by atoms with Crippen molar-refractivity contribution in [2.45, 2.75) is 0 Å². The maximum Gasteiger partial charge on any atom is 0.264 e. The molecule has 1 amide bonds. The summed E-state index contributed by atoms with van der Waals surface area (Å²) < 4.78 is 10.5. The zero-order chi connectivity index (χ0) is 12.8. The van der Waals surface area contributed by atoms with Gasteiger partial charge in [0.05, 0.1) is 7.11 Å². The summed E-state index contributed by atoms with van der Waals surface area (Å²) in [6, 6.07) is 7.17. The fraction of sp³-hybridized carbons (Fsp3) is 0.167. The first kappa shape index (κ1) is 12.4. The van der Waals surface area contributed by atoms with E-state index in [9.17, 15) is 4.79 Å². The van der Waals surface area contributed by atoms with Crippen molar-refractivity contribution in [2.75, 3.05) is 19.0 Å². The fourth-order valence-corrected chi connectivity index (χ4v) is 1.87. The Morgan fingerprint density at radius 3 is 2.83 bits per heavy atom. The smallest absolute Gasteiger partial charge is 0.264 e. The number of para-hydroxylation sites is 2. The number of ether oxygens (including phenoxy) is 2. The van der Waals surface area contributed by atoms with Crippen molar-refractivity contribution < 1.29 is 14.3 Å². The van der Waals surface area contributed by atoms with Crippen LogP contribution in [0.3, 0.4) is 0 Å². The monoisotopic (exact) mass is 264 g/mol. The molecule has 1 aromatic carbocycles. The molecule has 94 valence electrons. The van der Waals surface area contributed by atoms with Crippen LogP contribution >= 0.6 is 11.3 Å². The van der Waals surface area contributed by atoms with Gasteiger partial charge < -0.3 is 9.47 Å². The number of rotatable bonds is 5. The van der Waals surface area contributed by atoms with E-state index in [1.165, 1.54) is 11.3 Å². The third-order valence-electron chi connectivity index (χ3n) is 2.11. The van der Waals surface area contributed by atoms with Gasteiger partial charge in [-0.15, -0.1) is 11.3 Å². The number of carbonyl (C=O) groups is 1. The molecule has 0 radical (unpaired) electrons. The normalized spacial score (nSPS) is 9.83. The molecule has 2 aromatic rings. The molecule has 6 heteroatoms. The number of hydrogen-bond acceptors (Lipinski definition) is 5. The lowest BCUT2D eigenvalue weighted by atomic mass is 10.3. The van der Waals surface area contributed by atoms with Crippen LogP contribution in [-0.4, -0.2) is 24.6 Å². The molecule has 1 N–H and O–H groups in total. The summed E-state index contributed by atoms with van der Waals surface area (Å²) in [5.41, 5.74) is 0. The van der Waals surface area contributed by atoms with Gasteiger partial charge in [0, 0.05) is 11.6 Å². The SMILES string of the molecule is COc1ccccc1OCC(=O)Nc1nccs1. The molecule has 0 fully saturated rings. The van der Waals surface area contributed by atoms with Crippen LogP contribution in [0.15, 0.2) is 35.8 Å². The van der Waals surface area contributed by atoms with E-state index in [0.29, 0.717) is 16.6 Å². The zero-order valence-corrected chi connectivity index (χ0v) is 10.6. The number of carbonyl (C=O) groups excluding carboxylic acids is 1.